The molecule has 5 nitrogen and oxygen atoms in total. The van der Waals surface area contributed by atoms with Crippen molar-refractivity contribution in [1.82, 2.24) is 4.98 Å². The number of hydrogen-bond donors (Lipinski definition) is 1. The van der Waals surface area contributed by atoms with Crippen LogP contribution in [0.2, 0.25) is 0 Å². The molecule has 0 amide bonds. The second kappa shape index (κ2) is 6.57. The molecule has 7 heteroatoms. The van der Waals surface area contributed by atoms with Crippen molar-refractivity contribution in [3.63, 3.8) is 0 Å². The minimum atomic E-state index is -0.528. The van der Waals surface area contributed by atoms with Crippen molar-refractivity contribution >= 4 is 29.3 Å². The smallest absolute Gasteiger partial charge is 0.266 e. The molecule has 25 heavy (non-hydrogen) atoms. The number of aromatic amines is 1. The average Bonchev–Trinajstić information content (AvgIpc) is 2.85. The quantitative estimate of drug-likeness (QED) is 0.881. The van der Waals surface area contributed by atoms with E-state index in [1.807, 2.05) is 20.8 Å². The lowest BCUT2D eigenvalue weighted by molar-refractivity contribution is -0.119. The van der Waals surface area contributed by atoms with E-state index in [1.165, 1.54) is 18.2 Å². The first-order valence-electron chi connectivity index (χ1n) is 7.74. The summed E-state index contributed by atoms with van der Waals surface area (Å²) in [6.07, 6.45) is 2.99. The molecule has 0 saturated heterocycles. The van der Waals surface area contributed by atoms with E-state index in [4.69, 9.17) is 9.47 Å². The number of carbonyl (C=O) groups is 1. The molecule has 1 aliphatic heterocycles. The number of aromatic nitrogens is 1. The Balaban J connectivity index is 2.10. The average molecular weight is 363 g/mol. The largest absolute Gasteiger partial charge is 0.467 e. The predicted octanol–water partition coefficient (Wildman–Crippen LogP) is 1.67. The zero-order valence-corrected chi connectivity index (χ0v) is 15.0. The van der Waals surface area contributed by atoms with Crippen LogP contribution in [-0.2, 0) is 16.1 Å². The van der Waals surface area contributed by atoms with E-state index in [9.17, 15) is 14.0 Å². The first-order valence-corrected chi connectivity index (χ1v) is 8.56. The molecule has 0 radical (unpaired) electrons. The summed E-state index contributed by atoms with van der Waals surface area (Å²) >= 11 is 1.15. The molecule has 2 aromatic rings. The minimum absolute atomic E-state index is 0.0827. The third-order valence-corrected chi connectivity index (χ3v) is 4.63. The van der Waals surface area contributed by atoms with Gasteiger partial charge < -0.3 is 14.5 Å². The van der Waals surface area contributed by atoms with Gasteiger partial charge in [-0.15, -0.1) is 11.3 Å². The molecule has 0 fully saturated rings. The van der Waals surface area contributed by atoms with Gasteiger partial charge in [-0.2, -0.15) is 0 Å². The molecule has 132 valence electrons. The van der Waals surface area contributed by atoms with E-state index in [-0.39, 0.29) is 24.7 Å². The Morgan fingerprint density at radius 2 is 2.12 bits per heavy atom. The summed E-state index contributed by atoms with van der Waals surface area (Å²) in [5.41, 5.74) is 0.211. The molecule has 2 heterocycles. The number of halogens is 1. The Kier molecular flexibility index (Phi) is 4.62. The van der Waals surface area contributed by atoms with Gasteiger partial charge in [0.05, 0.1) is 15.8 Å². The summed E-state index contributed by atoms with van der Waals surface area (Å²) in [7, 11) is 0. The van der Waals surface area contributed by atoms with E-state index in [2.05, 4.69) is 4.98 Å². The molecular weight excluding hydrogens is 345 g/mol. The van der Waals surface area contributed by atoms with E-state index < -0.39 is 11.2 Å². The number of ether oxygens (including phenoxy) is 2. The van der Waals surface area contributed by atoms with Gasteiger partial charge in [-0.25, -0.2) is 4.39 Å². The van der Waals surface area contributed by atoms with Crippen LogP contribution in [0.25, 0.3) is 12.2 Å². The molecule has 1 aliphatic rings. The Bertz CT molecular complexity index is 998. The van der Waals surface area contributed by atoms with Crippen LogP contribution in [-0.4, -0.2) is 17.6 Å². The fourth-order valence-electron chi connectivity index (χ4n) is 2.32. The van der Waals surface area contributed by atoms with E-state index in [0.29, 0.717) is 26.1 Å². The van der Waals surface area contributed by atoms with Gasteiger partial charge in [0.15, 0.2) is 12.6 Å². The second-order valence-electron chi connectivity index (χ2n) is 6.78. The summed E-state index contributed by atoms with van der Waals surface area (Å²) in [5, 5.41) is 0. The number of carbonyl (C=O) groups excluding carboxylic acids is 1. The van der Waals surface area contributed by atoms with Crippen molar-refractivity contribution in [2.24, 2.45) is 5.41 Å². The number of hydrogen-bond acceptors (Lipinski definition) is 5. The second-order valence-corrected chi connectivity index (χ2v) is 7.87. The zero-order valence-electron chi connectivity index (χ0n) is 14.1. The van der Waals surface area contributed by atoms with Gasteiger partial charge in [0, 0.05) is 22.6 Å². The van der Waals surface area contributed by atoms with Crippen molar-refractivity contribution in [2.45, 2.75) is 27.4 Å². The number of ketones is 1. The molecule has 0 atom stereocenters. The van der Waals surface area contributed by atoms with Crippen LogP contribution in [0.4, 0.5) is 4.39 Å². The summed E-state index contributed by atoms with van der Waals surface area (Å²) in [6.45, 7) is 5.77. The van der Waals surface area contributed by atoms with Gasteiger partial charge in [0.1, 0.15) is 11.6 Å². The van der Waals surface area contributed by atoms with Crippen LogP contribution in [0.3, 0.4) is 0 Å². The van der Waals surface area contributed by atoms with Crippen molar-refractivity contribution in [2.75, 3.05) is 6.79 Å². The predicted molar refractivity (Wildman–Crippen MR) is 93.4 cm³/mol. The fourth-order valence-corrected chi connectivity index (χ4v) is 3.19. The number of nitrogens with one attached hydrogen (secondary N) is 1. The lowest BCUT2D eigenvalue weighted by Gasteiger charge is -2.19. The maximum atomic E-state index is 13.8. The number of thiazole rings is 1. The van der Waals surface area contributed by atoms with E-state index >= 15 is 0 Å². The maximum absolute atomic E-state index is 13.8. The summed E-state index contributed by atoms with van der Waals surface area (Å²) in [4.78, 5) is 26.9. The van der Waals surface area contributed by atoms with Crippen molar-refractivity contribution < 1.29 is 18.7 Å². The first-order chi connectivity index (χ1) is 11.7. The highest BCUT2D eigenvalue weighted by Crippen LogP contribution is 2.29. The number of rotatable bonds is 2. The summed E-state index contributed by atoms with van der Waals surface area (Å²) in [5.74, 6) is -0.00121. The van der Waals surface area contributed by atoms with Gasteiger partial charge in [0.25, 0.3) is 5.56 Å². The summed E-state index contributed by atoms with van der Waals surface area (Å²) < 4.78 is 25.2. The van der Waals surface area contributed by atoms with Gasteiger partial charge >= 0.3 is 0 Å². The highest BCUT2D eigenvalue weighted by molar-refractivity contribution is 7.07. The van der Waals surface area contributed by atoms with Gasteiger partial charge in [0.2, 0.25) is 0 Å². The highest BCUT2D eigenvalue weighted by atomic mass is 32.1. The zero-order chi connectivity index (χ0) is 18.2. The lowest BCUT2D eigenvalue weighted by atomic mass is 9.91. The van der Waals surface area contributed by atoms with Crippen LogP contribution < -0.4 is 19.5 Å². The standard InChI is InChI=1S/C18H18FNO4S/c1-18(2,3)14(21)7-15-20-17(22)13(25-15)6-10-4-12(19)5-11-8-23-9-24-16(10)11/h4-7H,8-9H2,1-3H3,(H,20,22)/b13-6-,15-7+. The van der Waals surface area contributed by atoms with Gasteiger partial charge in [-0.3, -0.25) is 9.59 Å². The molecule has 0 spiro atoms. The van der Waals surface area contributed by atoms with Gasteiger partial charge in [-0.05, 0) is 18.2 Å². The Morgan fingerprint density at radius 1 is 1.36 bits per heavy atom. The third kappa shape index (κ3) is 3.88. The van der Waals surface area contributed by atoms with Crippen LogP contribution in [0.15, 0.2) is 16.9 Å². The SMILES string of the molecule is CC(C)(C)C(=O)/C=c1\[nH]c(=O)/c(=C/c2cc(F)cc3c2OCOC3)s1. The molecule has 1 N–H and O–H groups in total. The van der Waals surface area contributed by atoms with Crippen molar-refractivity contribution in [3.8, 4) is 5.75 Å². The molecule has 1 aromatic heterocycles. The Labute approximate surface area is 147 Å². The topological polar surface area (TPSA) is 68.4 Å². The third-order valence-electron chi connectivity index (χ3n) is 3.67. The lowest BCUT2D eigenvalue weighted by Crippen LogP contribution is -2.22. The van der Waals surface area contributed by atoms with Crippen LogP contribution in [0.1, 0.15) is 31.9 Å². The van der Waals surface area contributed by atoms with Crippen molar-refractivity contribution in [3.05, 3.63) is 48.6 Å². The van der Waals surface area contributed by atoms with Crippen LogP contribution >= 0.6 is 11.3 Å². The monoisotopic (exact) mass is 363 g/mol. The van der Waals surface area contributed by atoms with Crippen molar-refractivity contribution in [1.29, 1.82) is 0 Å². The highest BCUT2D eigenvalue weighted by Gasteiger charge is 2.19. The number of benzene rings is 1. The molecular formula is C18H18FNO4S. The number of H-pyrrole nitrogens is 1. The minimum Gasteiger partial charge on any atom is -0.467 e. The normalized spacial score (nSPS) is 15.8. The first kappa shape index (κ1) is 17.6. The van der Waals surface area contributed by atoms with Gasteiger partial charge in [-0.1, -0.05) is 20.8 Å². The molecule has 0 unspecified atom stereocenters. The summed E-state index contributed by atoms with van der Waals surface area (Å²) in [6, 6.07) is 2.67. The number of Topliss-reactive ketones (excluding diaryl/α,β-unsaturated/α-hetero) is 1. The Morgan fingerprint density at radius 3 is 2.84 bits per heavy atom. The van der Waals surface area contributed by atoms with Crippen LogP contribution in [0, 0.1) is 11.2 Å². The molecule has 3 rings (SSSR count). The fraction of sp³-hybridized carbons (Fsp3) is 0.333. The number of fused-ring (bicyclic) bond motifs is 1. The van der Waals surface area contributed by atoms with Crippen LogP contribution in [0.5, 0.6) is 5.75 Å². The van der Waals surface area contributed by atoms with E-state index in [0.717, 1.165) is 11.3 Å². The molecule has 1 aromatic carbocycles. The van der Waals surface area contributed by atoms with E-state index in [1.54, 1.807) is 6.08 Å². The molecule has 0 bridgehead atoms. The Hall–Kier alpha value is -2.25. The molecule has 0 aliphatic carbocycles. The maximum Gasteiger partial charge on any atom is 0.266 e. The molecule has 0 saturated carbocycles.